The fourth-order valence-electron chi connectivity index (χ4n) is 3.65. The van der Waals surface area contributed by atoms with E-state index in [9.17, 15) is 0 Å². The van der Waals surface area contributed by atoms with E-state index in [1.165, 1.54) is 0 Å². The highest BCUT2D eigenvalue weighted by Gasteiger charge is 2.56. The molecule has 0 bridgehead atoms. The van der Waals surface area contributed by atoms with Gasteiger partial charge in [-0.15, -0.1) is 0 Å². The zero-order valence-electron chi connectivity index (χ0n) is 12.1. The average molecular weight is 198 g/mol. The molecule has 1 saturated heterocycles. The van der Waals surface area contributed by atoms with Crippen LogP contribution in [0.25, 0.3) is 0 Å². The summed E-state index contributed by atoms with van der Waals surface area (Å²) < 4.78 is 0. The van der Waals surface area contributed by atoms with Crippen molar-refractivity contribution in [2.24, 2.45) is 0 Å². The molecule has 1 fully saturated rings. The van der Waals surface area contributed by atoms with Crippen molar-refractivity contribution in [2.45, 2.75) is 48.6 Å². The Hall–Kier alpha value is 0.350. The summed E-state index contributed by atoms with van der Waals surface area (Å²) in [7, 11) is 14.4. The van der Waals surface area contributed by atoms with Crippen LogP contribution in [0, 0.1) is 0 Å². The predicted molar refractivity (Wildman–Crippen MR) is 85.8 cm³/mol. The predicted octanol–water partition coefficient (Wildman–Crippen LogP) is -4.22. The Morgan fingerprint density at radius 2 is 1.40 bits per heavy atom. The molecule has 7 heteroatoms. The van der Waals surface area contributed by atoms with Crippen molar-refractivity contribution in [3.63, 3.8) is 0 Å². The fraction of sp³-hybridized carbons (Fsp3) is 1.00. The molecule has 0 amide bonds. The Bertz CT molecular complexity index is 258. The second-order valence-corrected chi connectivity index (χ2v) is 7.35. The van der Waals surface area contributed by atoms with Crippen LogP contribution < -0.4 is 0 Å². The van der Waals surface area contributed by atoms with Gasteiger partial charge in [0.25, 0.3) is 0 Å². The summed E-state index contributed by atoms with van der Waals surface area (Å²) in [5, 5.41) is 0.643. The summed E-state index contributed by atoms with van der Waals surface area (Å²) in [4.78, 5) is 2.70. The van der Waals surface area contributed by atoms with E-state index in [4.69, 9.17) is 0 Å². The highest BCUT2D eigenvalue weighted by molar-refractivity contribution is 6.57. The van der Waals surface area contributed by atoms with E-state index in [0.29, 0.717) is 11.2 Å². The number of hydrogen-bond acceptors (Lipinski definition) is 1. The van der Waals surface area contributed by atoms with Crippen molar-refractivity contribution in [2.75, 3.05) is 0 Å². The maximum Gasteiger partial charge on any atom is 0.123 e. The van der Waals surface area contributed by atoms with Crippen LogP contribution in [-0.2, 0) is 0 Å². The minimum Gasteiger partial charge on any atom is -0.315 e. The molecular weight excluding hydrogens is 175 g/mol. The van der Waals surface area contributed by atoms with Gasteiger partial charge in [0.1, 0.15) is 31.4 Å². The molecule has 0 spiro atoms. The van der Waals surface area contributed by atoms with Gasteiger partial charge in [-0.2, -0.15) is 0 Å². The van der Waals surface area contributed by atoms with Gasteiger partial charge in [-0.1, -0.05) is 11.0 Å². The van der Waals surface area contributed by atoms with Crippen molar-refractivity contribution in [1.29, 1.82) is 0 Å². The second kappa shape index (κ2) is 3.42. The number of likely N-dealkylation sites (tertiary alicyclic amines) is 1. The minimum atomic E-state index is 0.255. The van der Waals surface area contributed by atoms with E-state index in [2.05, 4.69) is 72.7 Å². The normalized spacial score (nSPS) is 35.4. The van der Waals surface area contributed by atoms with Gasteiger partial charge >= 0.3 is 0 Å². The third kappa shape index (κ3) is 1.75. The third-order valence-corrected chi connectivity index (χ3v) is 5.17. The maximum absolute atomic E-state index is 2.70. The van der Waals surface area contributed by atoms with E-state index in [1.807, 2.05) is 0 Å². The molecule has 0 N–H and O–H groups in total. The third-order valence-electron chi connectivity index (χ3n) is 5.17. The molecule has 0 aromatic carbocycles. The molecular formula is C8H23B6N. The lowest BCUT2D eigenvalue weighted by molar-refractivity contribution is 0.120. The molecule has 0 aromatic heterocycles. The molecule has 78 valence electrons. The van der Waals surface area contributed by atoms with Gasteiger partial charge < -0.3 is 4.90 Å². The van der Waals surface area contributed by atoms with Gasteiger partial charge in [-0.25, -0.2) is 0 Å². The monoisotopic (exact) mass is 199 g/mol. The lowest BCUT2D eigenvalue weighted by atomic mass is 9.29. The summed E-state index contributed by atoms with van der Waals surface area (Å²) >= 11 is 0. The Morgan fingerprint density at radius 1 is 1.00 bits per heavy atom. The van der Waals surface area contributed by atoms with Crippen molar-refractivity contribution >= 4 is 47.1 Å². The standard InChI is InChI=1S/C8H23B6N/c1-6(2,3)15-5(10)4(9)7(11,12)8(15,13)14/h4-5H,9-14H2,1-3H3. The van der Waals surface area contributed by atoms with E-state index in [1.54, 1.807) is 0 Å². The Kier molecular flexibility index (Phi) is 3.06. The topological polar surface area (TPSA) is 3.24 Å². The number of nitrogens with zero attached hydrogens (tertiary/aromatic N) is 1. The summed E-state index contributed by atoms with van der Waals surface area (Å²) in [6.45, 7) is 7.00. The number of hydrogen-bond donors (Lipinski definition) is 0. The molecule has 0 aliphatic carbocycles. The summed E-state index contributed by atoms with van der Waals surface area (Å²) in [5.74, 6) is 1.40. The summed E-state index contributed by atoms with van der Waals surface area (Å²) in [5.41, 5.74) is 0.255. The van der Waals surface area contributed by atoms with Gasteiger partial charge in [-0.05, 0) is 32.1 Å². The molecule has 15 heavy (non-hydrogen) atoms. The lowest BCUT2D eigenvalue weighted by Gasteiger charge is -2.50. The quantitative estimate of drug-likeness (QED) is 0.357. The first-order valence-corrected chi connectivity index (χ1v) is 6.23. The lowest BCUT2D eigenvalue weighted by Crippen LogP contribution is -2.61. The molecule has 1 nitrogen and oxygen atoms in total. The van der Waals surface area contributed by atoms with Gasteiger partial charge in [0.15, 0.2) is 0 Å². The highest BCUT2D eigenvalue weighted by atomic mass is 15.3. The first kappa shape index (κ1) is 13.4. The van der Waals surface area contributed by atoms with Gasteiger partial charge in [0.05, 0.1) is 15.7 Å². The van der Waals surface area contributed by atoms with Crippen molar-refractivity contribution in [1.82, 2.24) is 4.90 Å². The Balaban J connectivity index is 3.21. The van der Waals surface area contributed by atoms with Crippen LogP contribution >= 0.6 is 0 Å². The van der Waals surface area contributed by atoms with Crippen molar-refractivity contribution < 1.29 is 0 Å². The SMILES string of the molecule is BC1C(B)C(B)(B)C(B)(B)N1C(C)(C)C. The van der Waals surface area contributed by atoms with Gasteiger partial charge in [0.2, 0.25) is 0 Å². The molecule has 1 aliphatic rings. The van der Waals surface area contributed by atoms with Crippen molar-refractivity contribution in [3.05, 3.63) is 0 Å². The molecule has 0 aromatic rings. The minimum absolute atomic E-state index is 0.255. The summed E-state index contributed by atoms with van der Waals surface area (Å²) in [6, 6.07) is 0. The smallest absolute Gasteiger partial charge is 0.123 e. The van der Waals surface area contributed by atoms with E-state index in [0.717, 1.165) is 5.82 Å². The van der Waals surface area contributed by atoms with Crippen molar-refractivity contribution in [3.8, 4) is 0 Å². The highest BCUT2D eigenvalue weighted by Crippen LogP contribution is 2.54. The van der Waals surface area contributed by atoms with Crippen LogP contribution in [0.1, 0.15) is 20.8 Å². The van der Waals surface area contributed by atoms with E-state index < -0.39 is 0 Å². The van der Waals surface area contributed by atoms with Crippen LogP contribution in [0.2, 0.25) is 11.0 Å². The molecule has 1 rings (SSSR count). The molecule has 1 heterocycles. The van der Waals surface area contributed by atoms with Crippen LogP contribution in [0.15, 0.2) is 0 Å². The van der Waals surface area contributed by atoms with Crippen LogP contribution in [-0.4, -0.2) is 68.8 Å². The fourth-order valence-corrected chi connectivity index (χ4v) is 3.65. The van der Waals surface area contributed by atoms with Gasteiger partial charge in [-0.3, -0.25) is 0 Å². The van der Waals surface area contributed by atoms with E-state index in [-0.39, 0.29) is 10.9 Å². The van der Waals surface area contributed by atoms with Crippen LogP contribution in [0.3, 0.4) is 0 Å². The molecule has 2 unspecified atom stereocenters. The molecule has 1 aliphatic heterocycles. The Labute approximate surface area is 101 Å². The first-order chi connectivity index (χ1) is 6.44. The molecule has 0 saturated carbocycles. The summed E-state index contributed by atoms with van der Waals surface area (Å²) in [6.07, 6.45) is 0. The zero-order valence-corrected chi connectivity index (χ0v) is 12.1. The average Bonchev–Trinajstić information content (AvgIpc) is 2.08. The van der Waals surface area contributed by atoms with Crippen LogP contribution in [0.4, 0.5) is 0 Å². The van der Waals surface area contributed by atoms with E-state index >= 15 is 0 Å². The molecule has 2 atom stereocenters. The maximum atomic E-state index is 2.70. The Morgan fingerprint density at radius 3 is 1.53 bits per heavy atom. The first-order valence-electron chi connectivity index (χ1n) is 6.23. The molecule has 0 radical (unpaired) electrons. The number of rotatable bonds is 0. The second-order valence-electron chi connectivity index (χ2n) is 7.35. The van der Waals surface area contributed by atoms with Crippen LogP contribution in [0.5, 0.6) is 0 Å². The zero-order chi connectivity index (χ0) is 12.2. The van der Waals surface area contributed by atoms with Gasteiger partial charge in [0, 0.05) is 5.54 Å². The largest absolute Gasteiger partial charge is 0.315 e.